The maximum atomic E-state index is 3.51. The average Bonchev–Trinajstić information content (AvgIpc) is 1.94. The quantitative estimate of drug-likeness (QED) is 0.604. The zero-order valence-electron chi connectivity index (χ0n) is 6.78. The Balaban J connectivity index is 2.25. The molecule has 1 rings (SSSR count). The lowest BCUT2D eigenvalue weighted by atomic mass is 9.79. The number of hydrogen-bond acceptors (Lipinski definition) is 0. The van der Waals surface area contributed by atoms with Crippen molar-refractivity contribution < 1.29 is 0 Å². The molecule has 1 fully saturated rings. The molecule has 0 spiro atoms. The van der Waals surface area contributed by atoms with Gasteiger partial charge in [-0.05, 0) is 18.3 Å². The molecule has 0 radical (unpaired) electrons. The van der Waals surface area contributed by atoms with Crippen LogP contribution in [0.3, 0.4) is 0 Å². The van der Waals surface area contributed by atoms with Gasteiger partial charge in [-0.3, -0.25) is 0 Å². The van der Waals surface area contributed by atoms with E-state index in [0.717, 1.165) is 11.8 Å². The lowest BCUT2D eigenvalue weighted by molar-refractivity contribution is 0.251. The number of hydrogen-bond donors (Lipinski definition) is 0. The van der Waals surface area contributed by atoms with E-state index in [2.05, 4.69) is 22.9 Å². The third-order valence-corrected chi connectivity index (χ3v) is 3.23. The summed E-state index contributed by atoms with van der Waals surface area (Å²) in [4.78, 5) is 0. The predicted molar refractivity (Wildman–Crippen MR) is 49.5 cm³/mol. The summed E-state index contributed by atoms with van der Waals surface area (Å²) in [7, 11) is 0. The van der Waals surface area contributed by atoms with Gasteiger partial charge in [0.1, 0.15) is 0 Å². The highest BCUT2D eigenvalue weighted by atomic mass is 79.9. The Hall–Kier alpha value is 0.480. The van der Waals surface area contributed by atoms with E-state index in [1.807, 2.05) is 0 Å². The van der Waals surface area contributed by atoms with Crippen molar-refractivity contribution in [2.45, 2.75) is 39.0 Å². The third-order valence-electron chi connectivity index (χ3n) is 2.77. The first-order valence-corrected chi connectivity index (χ1v) is 5.52. The Bertz CT molecular complexity index is 88.7. The van der Waals surface area contributed by atoms with Gasteiger partial charge in [0.25, 0.3) is 0 Å². The standard InChI is InChI=1S/C9H17Br/c1-8-4-2-3-5-9(8)6-7-10/h8-9H,2-7H2,1H3. The van der Waals surface area contributed by atoms with Crippen molar-refractivity contribution in [3.63, 3.8) is 0 Å². The molecule has 1 saturated carbocycles. The summed E-state index contributed by atoms with van der Waals surface area (Å²) in [6.45, 7) is 2.41. The van der Waals surface area contributed by atoms with Crippen LogP contribution >= 0.6 is 15.9 Å². The first-order chi connectivity index (χ1) is 4.84. The first-order valence-electron chi connectivity index (χ1n) is 4.40. The highest BCUT2D eigenvalue weighted by molar-refractivity contribution is 9.09. The maximum Gasteiger partial charge on any atom is 0.00340 e. The van der Waals surface area contributed by atoms with Gasteiger partial charge < -0.3 is 0 Å². The minimum atomic E-state index is 0.992. The van der Waals surface area contributed by atoms with Gasteiger partial charge in [0.15, 0.2) is 0 Å². The number of halogens is 1. The average molecular weight is 205 g/mol. The minimum absolute atomic E-state index is 0.992. The van der Waals surface area contributed by atoms with Crippen molar-refractivity contribution in [3.8, 4) is 0 Å². The van der Waals surface area contributed by atoms with Crippen LogP contribution in [0.1, 0.15) is 39.0 Å². The Kier molecular flexibility index (Phi) is 3.75. The van der Waals surface area contributed by atoms with Crippen molar-refractivity contribution in [1.29, 1.82) is 0 Å². The van der Waals surface area contributed by atoms with Crippen LogP contribution in [-0.4, -0.2) is 5.33 Å². The largest absolute Gasteiger partial charge is 0.0928 e. The molecule has 0 aromatic heterocycles. The van der Waals surface area contributed by atoms with E-state index in [0.29, 0.717) is 0 Å². The summed E-state index contributed by atoms with van der Waals surface area (Å²) in [5, 5.41) is 1.20. The van der Waals surface area contributed by atoms with Crippen LogP contribution in [0, 0.1) is 11.8 Å². The summed E-state index contributed by atoms with van der Waals surface area (Å²) in [6.07, 6.45) is 7.29. The van der Waals surface area contributed by atoms with Gasteiger partial charge in [0.05, 0.1) is 0 Å². The highest BCUT2D eigenvalue weighted by Crippen LogP contribution is 2.31. The molecule has 0 aromatic carbocycles. The fourth-order valence-electron chi connectivity index (χ4n) is 1.96. The zero-order chi connectivity index (χ0) is 7.40. The second-order valence-electron chi connectivity index (χ2n) is 3.50. The van der Waals surface area contributed by atoms with Crippen LogP contribution in [0.5, 0.6) is 0 Å². The van der Waals surface area contributed by atoms with Crippen molar-refractivity contribution in [3.05, 3.63) is 0 Å². The molecule has 2 atom stereocenters. The topological polar surface area (TPSA) is 0 Å². The molecule has 0 saturated heterocycles. The Morgan fingerprint density at radius 2 is 2.00 bits per heavy atom. The van der Waals surface area contributed by atoms with Crippen LogP contribution in [0.2, 0.25) is 0 Å². The molecule has 0 amide bonds. The fourth-order valence-corrected chi connectivity index (χ4v) is 2.55. The van der Waals surface area contributed by atoms with Crippen LogP contribution in [0.15, 0.2) is 0 Å². The van der Waals surface area contributed by atoms with E-state index in [4.69, 9.17) is 0 Å². The monoisotopic (exact) mass is 204 g/mol. The van der Waals surface area contributed by atoms with E-state index in [-0.39, 0.29) is 0 Å². The Morgan fingerprint density at radius 1 is 1.30 bits per heavy atom. The second-order valence-corrected chi connectivity index (χ2v) is 4.29. The summed E-state index contributed by atoms with van der Waals surface area (Å²) < 4.78 is 0. The normalized spacial score (nSPS) is 34.2. The molecule has 2 unspecified atom stereocenters. The molecule has 0 bridgehead atoms. The number of alkyl halides is 1. The van der Waals surface area contributed by atoms with Gasteiger partial charge >= 0.3 is 0 Å². The second kappa shape index (κ2) is 4.38. The molecule has 0 aromatic rings. The van der Waals surface area contributed by atoms with E-state index < -0.39 is 0 Å². The predicted octanol–water partition coefficient (Wildman–Crippen LogP) is 3.60. The molecule has 0 heterocycles. The third kappa shape index (κ3) is 2.26. The lowest BCUT2D eigenvalue weighted by Gasteiger charge is -2.27. The van der Waals surface area contributed by atoms with Crippen LogP contribution in [0.25, 0.3) is 0 Å². The van der Waals surface area contributed by atoms with Gasteiger partial charge in [-0.15, -0.1) is 0 Å². The van der Waals surface area contributed by atoms with Gasteiger partial charge in [-0.1, -0.05) is 48.5 Å². The summed E-state index contributed by atoms with van der Waals surface area (Å²) >= 11 is 3.51. The van der Waals surface area contributed by atoms with Gasteiger partial charge in [-0.2, -0.15) is 0 Å². The van der Waals surface area contributed by atoms with Gasteiger partial charge in [0, 0.05) is 5.33 Å². The minimum Gasteiger partial charge on any atom is -0.0928 e. The first kappa shape index (κ1) is 8.58. The van der Waals surface area contributed by atoms with Crippen LogP contribution < -0.4 is 0 Å². The molecule has 1 aliphatic rings. The molecule has 0 nitrogen and oxygen atoms in total. The molecular formula is C9H17Br. The van der Waals surface area contributed by atoms with Gasteiger partial charge in [0.2, 0.25) is 0 Å². The summed E-state index contributed by atoms with van der Waals surface area (Å²) in [5.41, 5.74) is 0. The molecule has 1 aliphatic carbocycles. The van der Waals surface area contributed by atoms with E-state index in [1.54, 1.807) is 0 Å². The molecular weight excluding hydrogens is 188 g/mol. The van der Waals surface area contributed by atoms with Crippen molar-refractivity contribution in [2.75, 3.05) is 5.33 Å². The molecule has 0 N–H and O–H groups in total. The summed E-state index contributed by atoms with van der Waals surface area (Å²) in [5.74, 6) is 2.01. The van der Waals surface area contributed by atoms with Crippen molar-refractivity contribution >= 4 is 15.9 Å². The molecule has 0 aliphatic heterocycles. The van der Waals surface area contributed by atoms with E-state index in [1.165, 1.54) is 37.4 Å². The highest BCUT2D eigenvalue weighted by Gasteiger charge is 2.19. The van der Waals surface area contributed by atoms with Crippen LogP contribution in [0.4, 0.5) is 0 Å². The lowest BCUT2D eigenvalue weighted by Crippen LogP contribution is -2.16. The number of rotatable bonds is 2. The van der Waals surface area contributed by atoms with E-state index >= 15 is 0 Å². The SMILES string of the molecule is CC1CCCCC1CCBr. The van der Waals surface area contributed by atoms with E-state index in [9.17, 15) is 0 Å². The molecule has 60 valence electrons. The van der Waals surface area contributed by atoms with Crippen molar-refractivity contribution in [2.24, 2.45) is 11.8 Å². The van der Waals surface area contributed by atoms with Gasteiger partial charge in [-0.25, -0.2) is 0 Å². The smallest absolute Gasteiger partial charge is 0.00340 e. The van der Waals surface area contributed by atoms with Crippen molar-refractivity contribution in [1.82, 2.24) is 0 Å². The maximum absolute atomic E-state index is 3.51. The van der Waals surface area contributed by atoms with Crippen LogP contribution in [-0.2, 0) is 0 Å². The Labute approximate surface area is 72.5 Å². The Morgan fingerprint density at radius 3 is 2.60 bits per heavy atom. The molecule has 10 heavy (non-hydrogen) atoms. The fraction of sp³-hybridized carbons (Fsp3) is 1.00. The zero-order valence-corrected chi connectivity index (χ0v) is 8.36. The molecule has 1 heteroatoms. The summed E-state index contributed by atoms with van der Waals surface area (Å²) in [6, 6.07) is 0.